The van der Waals surface area contributed by atoms with Crippen LogP contribution >= 0.6 is 0 Å². The maximum absolute atomic E-state index is 11.5. The fourth-order valence-corrected chi connectivity index (χ4v) is 1.49. The Balaban J connectivity index is 2.66. The zero-order valence-electron chi connectivity index (χ0n) is 8.15. The van der Waals surface area contributed by atoms with Gasteiger partial charge in [0.05, 0.1) is 18.4 Å². The summed E-state index contributed by atoms with van der Waals surface area (Å²) in [4.78, 5) is 15.6. The van der Waals surface area contributed by atoms with Gasteiger partial charge < -0.3 is 4.74 Å². The van der Waals surface area contributed by atoms with Gasteiger partial charge in [-0.15, -0.1) is 0 Å². The molecule has 1 aliphatic rings. The second kappa shape index (κ2) is 3.54. The van der Waals surface area contributed by atoms with E-state index in [1.165, 1.54) is 13.2 Å². The lowest BCUT2D eigenvalue weighted by Crippen LogP contribution is -2.05. The molecule has 0 amide bonds. The Labute approximate surface area is 86.8 Å². The third-order valence-corrected chi connectivity index (χ3v) is 2.25. The molecule has 1 aromatic rings. The number of ketones is 1. The summed E-state index contributed by atoms with van der Waals surface area (Å²) in [5, 5.41) is 8.86. The molecule has 0 aliphatic carbocycles. The summed E-state index contributed by atoms with van der Waals surface area (Å²) in [6, 6.07) is 5.14. The van der Waals surface area contributed by atoms with Crippen molar-refractivity contribution in [3.63, 3.8) is 0 Å². The standard InChI is InChI=1S/C11H8N2O2/c1-15-11-5-9-8(4-7(11)6-12)10(14)2-3-13-9/h3-5H,2H2,1H3. The highest BCUT2D eigenvalue weighted by Crippen LogP contribution is 2.31. The average molecular weight is 200 g/mol. The molecule has 0 N–H and O–H groups in total. The molecule has 0 aromatic heterocycles. The molecule has 0 saturated heterocycles. The van der Waals surface area contributed by atoms with Crippen LogP contribution in [0, 0.1) is 11.3 Å². The van der Waals surface area contributed by atoms with Crippen LogP contribution in [0.3, 0.4) is 0 Å². The lowest BCUT2D eigenvalue weighted by molar-refractivity contribution is 0.100. The van der Waals surface area contributed by atoms with Crippen molar-refractivity contribution in [1.29, 1.82) is 5.26 Å². The van der Waals surface area contributed by atoms with E-state index in [1.54, 1.807) is 12.3 Å². The van der Waals surface area contributed by atoms with Crippen LogP contribution in [0.1, 0.15) is 22.3 Å². The van der Waals surface area contributed by atoms with Gasteiger partial charge in [-0.05, 0) is 6.07 Å². The molecule has 0 unspecified atom stereocenters. The summed E-state index contributed by atoms with van der Waals surface area (Å²) < 4.78 is 5.03. The highest BCUT2D eigenvalue weighted by Gasteiger charge is 2.17. The van der Waals surface area contributed by atoms with Gasteiger partial charge in [-0.1, -0.05) is 0 Å². The van der Waals surface area contributed by atoms with Crippen LogP contribution in [0.4, 0.5) is 5.69 Å². The SMILES string of the molecule is COc1cc2c(cc1C#N)C(=O)CC=N2. The van der Waals surface area contributed by atoms with E-state index >= 15 is 0 Å². The van der Waals surface area contributed by atoms with Crippen LogP contribution in [0.15, 0.2) is 17.1 Å². The minimum Gasteiger partial charge on any atom is -0.495 e. The monoisotopic (exact) mass is 200 g/mol. The minimum atomic E-state index is -0.0147. The van der Waals surface area contributed by atoms with Crippen molar-refractivity contribution in [2.45, 2.75) is 6.42 Å². The number of carbonyl (C=O) groups is 1. The zero-order chi connectivity index (χ0) is 10.8. The van der Waals surface area contributed by atoms with Gasteiger partial charge in [-0.2, -0.15) is 5.26 Å². The van der Waals surface area contributed by atoms with Crippen LogP contribution < -0.4 is 4.74 Å². The summed E-state index contributed by atoms with van der Waals surface area (Å²) in [7, 11) is 1.48. The highest BCUT2D eigenvalue weighted by molar-refractivity contribution is 6.10. The van der Waals surface area contributed by atoms with E-state index < -0.39 is 0 Å². The van der Waals surface area contributed by atoms with Gasteiger partial charge in [0.25, 0.3) is 0 Å². The number of hydrogen-bond donors (Lipinski definition) is 0. The van der Waals surface area contributed by atoms with Crippen molar-refractivity contribution in [2.24, 2.45) is 4.99 Å². The minimum absolute atomic E-state index is 0.0147. The van der Waals surface area contributed by atoms with Gasteiger partial charge in [0.15, 0.2) is 5.78 Å². The Morgan fingerprint density at radius 2 is 2.33 bits per heavy atom. The van der Waals surface area contributed by atoms with Gasteiger partial charge in [-0.3, -0.25) is 9.79 Å². The molecule has 4 nitrogen and oxygen atoms in total. The predicted molar refractivity (Wildman–Crippen MR) is 54.8 cm³/mol. The van der Waals surface area contributed by atoms with Crippen LogP contribution in [0.5, 0.6) is 5.75 Å². The number of aliphatic imine (C=N–C) groups is 1. The number of carbonyl (C=O) groups excluding carboxylic acids is 1. The molecular weight excluding hydrogens is 192 g/mol. The maximum atomic E-state index is 11.5. The fourth-order valence-electron chi connectivity index (χ4n) is 1.49. The summed E-state index contributed by atoms with van der Waals surface area (Å²) in [5.74, 6) is 0.433. The predicted octanol–water partition coefficient (Wildman–Crippen LogP) is 1.86. The quantitative estimate of drug-likeness (QED) is 0.695. The largest absolute Gasteiger partial charge is 0.495 e. The molecule has 0 spiro atoms. The summed E-state index contributed by atoms with van der Waals surface area (Å²) in [6.45, 7) is 0. The van der Waals surface area contributed by atoms with E-state index in [2.05, 4.69) is 4.99 Å². The molecule has 15 heavy (non-hydrogen) atoms. The molecule has 74 valence electrons. The Bertz CT molecular complexity index is 498. The Morgan fingerprint density at radius 1 is 1.53 bits per heavy atom. The van der Waals surface area contributed by atoms with Crippen molar-refractivity contribution >= 4 is 17.7 Å². The van der Waals surface area contributed by atoms with Crippen molar-refractivity contribution < 1.29 is 9.53 Å². The summed E-state index contributed by atoms with van der Waals surface area (Å²) in [5.41, 5.74) is 1.43. The first-order valence-corrected chi connectivity index (χ1v) is 4.44. The van der Waals surface area contributed by atoms with Gasteiger partial charge in [0.1, 0.15) is 11.8 Å². The molecule has 0 atom stereocenters. The average Bonchev–Trinajstić information content (AvgIpc) is 2.28. The first-order valence-electron chi connectivity index (χ1n) is 4.44. The third kappa shape index (κ3) is 1.48. The van der Waals surface area contributed by atoms with Crippen LogP contribution in [0.25, 0.3) is 0 Å². The lowest BCUT2D eigenvalue weighted by Gasteiger charge is -2.11. The van der Waals surface area contributed by atoms with Gasteiger partial charge in [-0.25, -0.2) is 0 Å². The van der Waals surface area contributed by atoms with E-state index in [0.717, 1.165) is 0 Å². The van der Waals surface area contributed by atoms with Gasteiger partial charge >= 0.3 is 0 Å². The van der Waals surface area contributed by atoms with Crippen molar-refractivity contribution in [1.82, 2.24) is 0 Å². The van der Waals surface area contributed by atoms with Gasteiger partial charge in [0, 0.05) is 24.3 Å². The molecule has 0 fully saturated rings. The van der Waals surface area contributed by atoms with Crippen molar-refractivity contribution in [2.75, 3.05) is 7.11 Å². The van der Waals surface area contributed by atoms with E-state index in [-0.39, 0.29) is 5.78 Å². The van der Waals surface area contributed by atoms with Crippen molar-refractivity contribution in [3.8, 4) is 11.8 Å². The highest BCUT2D eigenvalue weighted by atomic mass is 16.5. The van der Waals surface area contributed by atoms with Crippen molar-refractivity contribution in [3.05, 3.63) is 23.3 Å². The van der Waals surface area contributed by atoms with Crippen LogP contribution in [-0.4, -0.2) is 19.1 Å². The Morgan fingerprint density at radius 3 is 3.00 bits per heavy atom. The number of benzene rings is 1. The Hall–Kier alpha value is -2.15. The molecule has 0 radical (unpaired) electrons. The molecule has 1 aromatic carbocycles. The second-order valence-corrected chi connectivity index (χ2v) is 3.12. The lowest BCUT2D eigenvalue weighted by atomic mass is 10.0. The van der Waals surface area contributed by atoms with Crippen LogP contribution in [-0.2, 0) is 0 Å². The third-order valence-electron chi connectivity index (χ3n) is 2.25. The van der Waals surface area contributed by atoms with E-state index in [1.807, 2.05) is 6.07 Å². The zero-order valence-corrected chi connectivity index (χ0v) is 8.15. The molecule has 1 aliphatic heterocycles. The topological polar surface area (TPSA) is 62.4 Å². The second-order valence-electron chi connectivity index (χ2n) is 3.12. The van der Waals surface area contributed by atoms with Crippen LogP contribution in [0.2, 0.25) is 0 Å². The molecule has 2 rings (SSSR count). The number of nitriles is 1. The Kier molecular flexibility index (Phi) is 2.22. The number of fused-ring (bicyclic) bond motifs is 1. The fraction of sp³-hybridized carbons (Fsp3) is 0.182. The molecular formula is C11H8N2O2. The summed E-state index contributed by atoms with van der Waals surface area (Å²) in [6.07, 6.45) is 1.86. The molecule has 1 heterocycles. The maximum Gasteiger partial charge on any atom is 0.170 e. The number of methoxy groups -OCH3 is 1. The normalized spacial score (nSPS) is 13.2. The number of ether oxygens (including phenoxy) is 1. The first-order chi connectivity index (χ1) is 7.26. The van der Waals surface area contributed by atoms with Gasteiger partial charge in [0.2, 0.25) is 0 Å². The number of Topliss-reactive ketones (excluding diaryl/α,β-unsaturated/α-hetero) is 1. The molecule has 0 bridgehead atoms. The van der Waals surface area contributed by atoms with E-state index in [4.69, 9.17) is 10.00 Å². The first kappa shape index (κ1) is 9.41. The molecule has 4 heteroatoms. The summed E-state index contributed by atoms with van der Waals surface area (Å²) >= 11 is 0. The van der Waals surface area contributed by atoms with E-state index in [0.29, 0.717) is 29.0 Å². The molecule has 0 saturated carbocycles. The number of nitrogens with zero attached hydrogens (tertiary/aromatic N) is 2. The number of hydrogen-bond acceptors (Lipinski definition) is 4. The number of rotatable bonds is 1. The smallest absolute Gasteiger partial charge is 0.170 e. The van der Waals surface area contributed by atoms with E-state index in [9.17, 15) is 4.79 Å².